The summed E-state index contributed by atoms with van der Waals surface area (Å²) in [6, 6.07) is 2.76. The van der Waals surface area contributed by atoms with Crippen LogP contribution in [0.4, 0.5) is 0 Å². The van der Waals surface area contributed by atoms with Gasteiger partial charge >= 0.3 is 0 Å². The van der Waals surface area contributed by atoms with Crippen LogP contribution in [0.3, 0.4) is 0 Å². The molecule has 0 aromatic carbocycles. The first kappa shape index (κ1) is 8.75. The molecule has 1 aliphatic heterocycles. The van der Waals surface area contributed by atoms with Gasteiger partial charge in [-0.15, -0.1) is 0 Å². The van der Waals surface area contributed by atoms with Crippen molar-refractivity contribution in [1.82, 2.24) is 14.7 Å². The van der Waals surface area contributed by atoms with Gasteiger partial charge in [0.05, 0.1) is 11.7 Å². The van der Waals surface area contributed by atoms with E-state index in [-0.39, 0.29) is 0 Å². The van der Waals surface area contributed by atoms with Crippen molar-refractivity contribution in [1.29, 1.82) is 0 Å². The molecule has 0 amide bonds. The van der Waals surface area contributed by atoms with Gasteiger partial charge in [-0.25, -0.2) is 0 Å². The molecule has 3 nitrogen and oxygen atoms in total. The van der Waals surface area contributed by atoms with Crippen molar-refractivity contribution in [2.75, 3.05) is 13.6 Å². The van der Waals surface area contributed by atoms with Gasteiger partial charge < -0.3 is 0 Å². The summed E-state index contributed by atoms with van der Waals surface area (Å²) in [5.41, 5.74) is 2.48. The van der Waals surface area contributed by atoms with Crippen molar-refractivity contribution in [2.45, 2.75) is 25.8 Å². The van der Waals surface area contributed by atoms with E-state index in [4.69, 9.17) is 0 Å². The second-order valence-corrected chi connectivity index (χ2v) is 3.97. The highest BCUT2D eigenvalue weighted by Gasteiger charge is 2.24. The zero-order chi connectivity index (χ0) is 9.42. The number of hydrogen-bond donors (Lipinski definition) is 0. The molecular formula is C10H17N3. The predicted molar refractivity (Wildman–Crippen MR) is 52.6 cm³/mol. The molecule has 3 heteroatoms. The number of aryl methyl sites for hydroxylation is 2. The molecule has 0 aliphatic carbocycles. The van der Waals surface area contributed by atoms with Crippen LogP contribution in [0, 0.1) is 6.92 Å². The lowest BCUT2D eigenvalue weighted by Gasteiger charge is -2.16. The number of nitrogens with zero attached hydrogens (tertiary/aromatic N) is 3. The fraction of sp³-hybridized carbons (Fsp3) is 0.700. The molecule has 0 radical (unpaired) electrons. The molecule has 1 atom stereocenters. The van der Waals surface area contributed by atoms with Crippen LogP contribution in [0.2, 0.25) is 0 Å². The van der Waals surface area contributed by atoms with E-state index >= 15 is 0 Å². The lowest BCUT2D eigenvalue weighted by atomic mass is 10.1. The zero-order valence-electron chi connectivity index (χ0n) is 8.62. The lowest BCUT2D eigenvalue weighted by molar-refractivity contribution is 0.310. The molecule has 1 aromatic rings. The van der Waals surface area contributed by atoms with Crippen LogP contribution in [-0.4, -0.2) is 28.3 Å². The van der Waals surface area contributed by atoms with Gasteiger partial charge in [0.15, 0.2) is 0 Å². The molecular weight excluding hydrogens is 162 g/mol. The Kier molecular flexibility index (Phi) is 2.12. The average molecular weight is 179 g/mol. The van der Waals surface area contributed by atoms with Crippen LogP contribution in [0.1, 0.15) is 30.3 Å². The Hall–Kier alpha value is -0.830. The van der Waals surface area contributed by atoms with E-state index in [2.05, 4.69) is 30.0 Å². The summed E-state index contributed by atoms with van der Waals surface area (Å²) in [7, 11) is 4.19. The highest BCUT2D eigenvalue weighted by Crippen LogP contribution is 2.29. The molecule has 2 heterocycles. The molecule has 2 rings (SSSR count). The summed E-state index contributed by atoms with van der Waals surface area (Å²) in [6.45, 7) is 3.31. The second-order valence-electron chi connectivity index (χ2n) is 3.97. The van der Waals surface area contributed by atoms with E-state index < -0.39 is 0 Å². The molecule has 0 saturated carbocycles. The Morgan fingerprint density at radius 3 is 2.69 bits per heavy atom. The molecule has 1 saturated heterocycles. The Morgan fingerprint density at radius 2 is 2.23 bits per heavy atom. The fourth-order valence-electron chi connectivity index (χ4n) is 2.04. The van der Waals surface area contributed by atoms with Gasteiger partial charge in [0.25, 0.3) is 0 Å². The summed E-state index contributed by atoms with van der Waals surface area (Å²) < 4.78 is 1.96. The molecule has 0 bridgehead atoms. The van der Waals surface area contributed by atoms with Gasteiger partial charge in [0.2, 0.25) is 0 Å². The summed E-state index contributed by atoms with van der Waals surface area (Å²) >= 11 is 0. The first-order valence-electron chi connectivity index (χ1n) is 4.89. The molecule has 1 aromatic heterocycles. The van der Waals surface area contributed by atoms with Gasteiger partial charge in [0.1, 0.15) is 0 Å². The first-order valence-corrected chi connectivity index (χ1v) is 4.89. The van der Waals surface area contributed by atoms with Crippen LogP contribution in [0.5, 0.6) is 0 Å². The van der Waals surface area contributed by atoms with Gasteiger partial charge in [-0.05, 0) is 39.4 Å². The minimum absolute atomic E-state index is 0.555. The van der Waals surface area contributed by atoms with E-state index in [0.717, 1.165) is 0 Å². The second kappa shape index (κ2) is 3.14. The molecule has 0 N–H and O–H groups in total. The van der Waals surface area contributed by atoms with E-state index in [0.29, 0.717) is 6.04 Å². The number of rotatable bonds is 1. The Balaban J connectivity index is 2.24. The monoisotopic (exact) mass is 179 g/mol. The van der Waals surface area contributed by atoms with Crippen molar-refractivity contribution in [3.8, 4) is 0 Å². The van der Waals surface area contributed by atoms with E-state index in [9.17, 15) is 0 Å². The number of aromatic nitrogens is 2. The highest BCUT2D eigenvalue weighted by molar-refractivity contribution is 5.13. The van der Waals surface area contributed by atoms with Crippen molar-refractivity contribution < 1.29 is 0 Å². The van der Waals surface area contributed by atoms with Crippen LogP contribution in [0.15, 0.2) is 6.07 Å². The van der Waals surface area contributed by atoms with E-state index in [1.165, 1.54) is 30.8 Å². The van der Waals surface area contributed by atoms with Gasteiger partial charge in [-0.3, -0.25) is 9.58 Å². The summed E-state index contributed by atoms with van der Waals surface area (Å²) in [5, 5.41) is 4.52. The molecule has 0 spiro atoms. The topological polar surface area (TPSA) is 21.1 Å². The fourth-order valence-corrected chi connectivity index (χ4v) is 2.04. The van der Waals surface area contributed by atoms with Crippen molar-refractivity contribution >= 4 is 0 Å². The van der Waals surface area contributed by atoms with Gasteiger partial charge in [0, 0.05) is 12.7 Å². The molecule has 1 fully saturated rings. The smallest absolute Gasteiger partial charge is 0.0798 e. The summed E-state index contributed by atoms with van der Waals surface area (Å²) in [5.74, 6) is 0. The standard InChI is InChI=1S/C10H17N3/c1-8-7-9(11-13(8)3)10-5-4-6-12(10)2/h7,10H,4-6H2,1-3H3. The minimum atomic E-state index is 0.555. The summed E-state index contributed by atoms with van der Waals surface area (Å²) in [6.07, 6.45) is 2.56. The van der Waals surface area contributed by atoms with Crippen LogP contribution in [0.25, 0.3) is 0 Å². The molecule has 13 heavy (non-hydrogen) atoms. The van der Waals surface area contributed by atoms with Crippen molar-refractivity contribution in [3.05, 3.63) is 17.5 Å². The maximum Gasteiger partial charge on any atom is 0.0798 e. The largest absolute Gasteiger partial charge is 0.298 e. The maximum absolute atomic E-state index is 4.52. The third kappa shape index (κ3) is 1.48. The highest BCUT2D eigenvalue weighted by atomic mass is 15.3. The maximum atomic E-state index is 4.52. The third-order valence-electron chi connectivity index (χ3n) is 2.99. The molecule has 72 valence electrons. The first-order chi connectivity index (χ1) is 6.18. The quantitative estimate of drug-likeness (QED) is 0.651. The molecule has 1 unspecified atom stereocenters. The Labute approximate surface area is 79.3 Å². The van der Waals surface area contributed by atoms with E-state index in [1.807, 2.05) is 11.7 Å². The van der Waals surface area contributed by atoms with Crippen molar-refractivity contribution in [3.63, 3.8) is 0 Å². The SMILES string of the molecule is Cc1cc(C2CCCN2C)nn1C. The van der Waals surface area contributed by atoms with Gasteiger partial charge in [-0.2, -0.15) is 5.10 Å². The Bertz CT molecular complexity index is 284. The zero-order valence-corrected chi connectivity index (χ0v) is 8.62. The number of hydrogen-bond acceptors (Lipinski definition) is 2. The summed E-state index contributed by atoms with van der Waals surface area (Å²) in [4.78, 5) is 2.39. The van der Waals surface area contributed by atoms with Crippen LogP contribution in [-0.2, 0) is 7.05 Å². The van der Waals surface area contributed by atoms with Crippen LogP contribution >= 0.6 is 0 Å². The third-order valence-corrected chi connectivity index (χ3v) is 2.99. The minimum Gasteiger partial charge on any atom is -0.298 e. The Morgan fingerprint density at radius 1 is 1.46 bits per heavy atom. The van der Waals surface area contributed by atoms with E-state index in [1.54, 1.807) is 0 Å². The van der Waals surface area contributed by atoms with Crippen LogP contribution < -0.4 is 0 Å². The normalized spacial score (nSPS) is 24.1. The predicted octanol–water partition coefficient (Wildman–Crippen LogP) is 1.50. The van der Waals surface area contributed by atoms with Crippen molar-refractivity contribution in [2.24, 2.45) is 7.05 Å². The van der Waals surface area contributed by atoms with Gasteiger partial charge in [-0.1, -0.05) is 0 Å². The number of likely N-dealkylation sites (tertiary alicyclic amines) is 1. The molecule has 1 aliphatic rings. The average Bonchev–Trinajstić information content (AvgIpc) is 2.60. The lowest BCUT2D eigenvalue weighted by Crippen LogP contribution is -2.17.